The largest absolute Gasteiger partial charge is 0.398 e. The Morgan fingerprint density at radius 2 is 2.38 bits per heavy atom. The van der Waals surface area contributed by atoms with Crippen molar-refractivity contribution >= 4 is 8.56 Å². The molecule has 3 heteroatoms. The van der Waals surface area contributed by atoms with Gasteiger partial charge in [-0.2, -0.15) is 0 Å². The SMILES string of the molecule is CO[Si]1(C)CCCO1. The monoisotopic (exact) mass is 132 g/mol. The molecule has 1 saturated heterocycles. The maximum absolute atomic E-state index is 5.41. The van der Waals surface area contributed by atoms with Gasteiger partial charge in [-0.3, -0.25) is 0 Å². The summed E-state index contributed by atoms with van der Waals surface area (Å²) in [5.74, 6) is 0. The molecule has 0 N–H and O–H groups in total. The highest BCUT2D eigenvalue weighted by Crippen LogP contribution is 2.21. The lowest BCUT2D eigenvalue weighted by Gasteiger charge is -2.15. The molecule has 48 valence electrons. The van der Waals surface area contributed by atoms with E-state index in [9.17, 15) is 0 Å². The second kappa shape index (κ2) is 2.17. The molecule has 0 aromatic carbocycles. The first-order valence-electron chi connectivity index (χ1n) is 2.96. The van der Waals surface area contributed by atoms with Crippen molar-refractivity contribution in [1.82, 2.24) is 0 Å². The third-order valence-electron chi connectivity index (χ3n) is 1.61. The van der Waals surface area contributed by atoms with Crippen molar-refractivity contribution in [3.8, 4) is 0 Å². The third kappa shape index (κ3) is 1.10. The fourth-order valence-electron chi connectivity index (χ4n) is 0.915. The van der Waals surface area contributed by atoms with E-state index in [1.54, 1.807) is 7.11 Å². The van der Waals surface area contributed by atoms with Gasteiger partial charge in [-0.05, 0) is 19.0 Å². The third-order valence-corrected chi connectivity index (χ3v) is 4.55. The van der Waals surface area contributed by atoms with Crippen LogP contribution in [0.15, 0.2) is 0 Å². The first-order chi connectivity index (χ1) is 3.77. The van der Waals surface area contributed by atoms with Crippen LogP contribution in [0.25, 0.3) is 0 Å². The van der Waals surface area contributed by atoms with Crippen LogP contribution < -0.4 is 0 Å². The van der Waals surface area contributed by atoms with Crippen molar-refractivity contribution in [3.63, 3.8) is 0 Å². The van der Waals surface area contributed by atoms with Crippen LogP contribution in [0.4, 0.5) is 0 Å². The van der Waals surface area contributed by atoms with Crippen molar-refractivity contribution in [2.24, 2.45) is 0 Å². The van der Waals surface area contributed by atoms with E-state index in [-0.39, 0.29) is 0 Å². The van der Waals surface area contributed by atoms with Gasteiger partial charge in [0.25, 0.3) is 0 Å². The maximum atomic E-state index is 5.41. The molecule has 0 saturated carbocycles. The highest BCUT2D eigenvalue weighted by molar-refractivity contribution is 6.66. The summed E-state index contributed by atoms with van der Waals surface area (Å²) in [5, 5.41) is 0. The van der Waals surface area contributed by atoms with Crippen molar-refractivity contribution in [1.29, 1.82) is 0 Å². The Bertz CT molecular complexity index is 78.5. The van der Waals surface area contributed by atoms with Crippen LogP contribution in [0.1, 0.15) is 6.42 Å². The lowest BCUT2D eigenvalue weighted by molar-refractivity contribution is 0.242. The van der Waals surface area contributed by atoms with Crippen LogP contribution in [0.2, 0.25) is 12.6 Å². The van der Waals surface area contributed by atoms with Gasteiger partial charge in [-0.15, -0.1) is 0 Å². The minimum absolute atomic E-state index is 0.913. The molecule has 1 aliphatic rings. The lowest BCUT2D eigenvalue weighted by atomic mass is 10.5. The summed E-state index contributed by atoms with van der Waals surface area (Å²) in [7, 11) is 0.187. The Balaban J connectivity index is 2.40. The summed E-state index contributed by atoms with van der Waals surface area (Å²) in [6.07, 6.45) is 1.19. The normalized spacial score (nSPS) is 38.2. The standard InChI is InChI=1S/C5H12O2Si/c1-6-8(2)5-3-4-7-8/h3-5H2,1-2H3. The van der Waals surface area contributed by atoms with Gasteiger partial charge < -0.3 is 8.85 Å². The topological polar surface area (TPSA) is 18.5 Å². The second-order valence-corrected chi connectivity index (χ2v) is 5.75. The van der Waals surface area contributed by atoms with E-state index in [1.165, 1.54) is 12.5 Å². The maximum Gasteiger partial charge on any atom is 0.334 e. The fourth-order valence-corrected chi connectivity index (χ4v) is 2.74. The molecule has 8 heavy (non-hydrogen) atoms. The number of hydrogen-bond acceptors (Lipinski definition) is 2. The van der Waals surface area contributed by atoms with Gasteiger partial charge >= 0.3 is 8.56 Å². The van der Waals surface area contributed by atoms with E-state index in [0.29, 0.717) is 0 Å². The molecule has 1 heterocycles. The van der Waals surface area contributed by atoms with Crippen molar-refractivity contribution in [3.05, 3.63) is 0 Å². The van der Waals surface area contributed by atoms with E-state index >= 15 is 0 Å². The van der Waals surface area contributed by atoms with Gasteiger partial charge in [0.2, 0.25) is 0 Å². The average molecular weight is 132 g/mol. The predicted molar refractivity (Wildman–Crippen MR) is 34.0 cm³/mol. The van der Waals surface area contributed by atoms with E-state index in [4.69, 9.17) is 8.85 Å². The highest BCUT2D eigenvalue weighted by atomic mass is 28.4. The van der Waals surface area contributed by atoms with E-state index in [0.717, 1.165) is 6.61 Å². The molecule has 1 rings (SSSR count). The molecule has 0 radical (unpaired) electrons. The fraction of sp³-hybridized carbons (Fsp3) is 1.00. The zero-order valence-electron chi connectivity index (χ0n) is 5.44. The van der Waals surface area contributed by atoms with E-state index < -0.39 is 8.56 Å². The van der Waals surface area contributed by atoms with Crippen LogP contribution in [-0.4, -0.2) is 22.3 Å². The quantitative estimate of drug-likeness (QED) is 0.498. The first-order valence-corrected chi connectivity index (χ1v) is 5.48. The average Bonchev–Trinajstić information content (AvgIpc) is 2.17. The van der Waals surface area contributed by atoms with Crippen LogP contribution in [0.5, 0.6) is 0 Å². The number of hydrogen-bond donors (Lipinski definition) is 0. The van der Waals surface area contributed by atoms with Gasteiger partial charge in [0.1, 0.15) is 0 Å². The molecular weight excluding hydrogens is 120 g/mol. The minimum Gasteiger partial charge on any atom is -0.398 e. The summed E-state index contributed by atoms with van der Waals surface area (Å²) in [5.41, 5.74) is 0. The summed E-state index contributed by atoms with van der Waals surface area (Å²) in [6.45, 7) is 3.02. The van der Waals surface area contributed by atoms with Crippen LogP contribution >= 0.6 is 0 Å². The Morgan fingerprint density at radius 1 is 1.62 bits per heavy atom. The molecule has 0 amide bonds. The molecule has 0 aliphatic carbocycles. The Kier molecular flexibility index (Phi) is 1.70. The van der Waals surface area contributed by atoms with Crippen LogP contribution in [-0.2, 0) is 8.85 Å². The Labute approximate surface area is 51.0 Å². The smallest absolute Gasteiger partial charge is 0.334 e. The van der Waals surface area contributed by atoms with Gasteiger partial charge in [-0.25, -0.2) is 0 Å². The zero-order chi connectivity index (χ0) is 6.04. The first kappa shape index (κ1) is 6.26. The summed E-state index contributed by atoms with van der Waals surface area (Å²) < 4.78 is 10.6. The van der Waals surface area contributed by atoms with Gasteiger partial charge in [0.15, 0.2) is 0 Å². The van der Waals surface area contributed by atoms with Gasteiger partial charge in [-0.1, -0.05) is 0 Å². The molecule has 1 fully saturated rings. The summed E-state index contributed by atoms with van der Waals surface area (Å²) >= 11 is 0. The van der Waals surface area contributed by atoms with Crippen LogP contribution in [0, 0.1) is 0 Å². The second-order valence-electron chi connectivity index (χ2n) is 2.29. The Morgan fingerprint density at radius 3 is 2.62 bits per heavy atom. The number of rotatable bonds is 1. The van der Waals surface area contributed by atoms with Crippen molar-refractivity contribution < 1.29 is 8.85 Å². The minimum atomic E-state index is -1.56. The molecule has 0 bridgehead atoms. The summed E-state index contributed by atoms with van der Waals surface area (Å²) in [6, 6.07) is 1.17. The molecule has 1 unspecified atom stereocenters. The highest BCUT2D eigenvalue weighted by Gasteiger charge is 2.33. The molecule has 0 aromatic heterocycles. The summed E-state index contributed by atoms with van der Waals surface area (Å²) in [4.78, 5) is 0. The molecule has 0 spiro atoms. The lowest BCUT2D eigenvalue weighted by Crippen LogP contribution is -2.31. The van der Waals surface area contributed by atoms with E-state index in [2.05, 4.69) is 6.55 Å². The molecule has 1 aliphatic heterocycles. The van der Waals surface area contributed by atoms with Crippen molar-refractivity contribution in [2.75, 3.05) is 13.7 Å². The molecule has 1 atom stereocenters. The predicted octanol–water partition coefficient (Wildman–Crippen LogP) is 1.13. The van der Waals surface area contributed by atoms with Crippen LogP contribution in [0.3, 0.4) is 0 Å². The Hall–Kier alpha value is 0.137. The molecular formula is C5H12O2Si. The van der Waals surface area contributed by atoms with E-state index in [1.807, 2.05) is 0 Å². The zero-order valence-corrected chi connectivity index (χ0v) is 6.44. The van der Waals surface area contributed by atoms with Gasteiger partial charge in [0, 0.05) is 13.7 Å². The van der Waals surface area contributed by atoms with Crippen molar-refractivity contribution in [2.45, 2.75) is 19.0 Å². The molecule has 0 aromatic rings. The van der Waals surface area contributed by atoms with Gasteiger partial charge in [0.05, 0.1) is 0 Å². The molecule has 2 nitrogen and oxygen atoms in total.